The third kappa shape index (κ3) is 3.10. The van der Waals surface area contributed by atoms with Crippen LogP contribution in [0.25, 0.3) is 5.65 Å². The van der Waals surface area contributed by atoms with Gasteiger partial charge in [-0.1, -0.05) is 6.07 Å². The summed E-state index contributed by atoms with van der Waals surface area (Å²) in [7, 11) is 0. The normalized spacial score (nSPS) is 22.5. The molecule has 1 N–H and O–H groups in total. The molecule has 1 saturated carbocycles. The summed E-state index contributed by atoms with van der Waals surface area (Å²) in [5.74, 6) is 0.776. The number of fused-ring (bicyclic) bond motifs is 2. The lowest BCUT2D eigenvalue weighted by atomic mass is 9.91. The maximum atomic E-state index is 12.5. The third-order valence-electron chi connectivity index (χ3n) is 5.55. The number of nitrogens with zero attached hydrogens (tertiary/aromatic N) is 5. The van der Waals surface area contributed by atoms with Gasteiger partial charge in [0.25, 0.3) is 5.56 Å². The van der Waals surface area contributed by atoms with Crippen LogP contribution in [0.15, 0.2) is 35.3 Å². The highest BCUT2D eigenvalue weighted by Gasteiger charge is 2.26. The van der Waals surface area contributed by atoms with Crippen LogP contribution in [0.2, 0.25) is 0 Å². The lowest BCUT2D eigenvalue weighted by Crippen LogP contribution is -2.35. The minimum atomic E-state index is -0.0147. The highest BCUT2D eigenvalue weighted by atomic mass is 16.5. The van der Waals surface area contributed by atoms with Crippen molar-refractivity contribution in [2.24, 2.45) is 0 Å². The Labute approximate surface area is 156 Å². The van der Waals surface area contributed by atoms with Crippen LogP contribution in [0.1, 0.15) is 43.0 Å². The number of rotatable bonds is 3. The quantitative estimate of drug-likeness (QED) is 0.763. The van der Waals surface area contributed by atoms with Gasteiger partial charge in [0.15, 0.2) is 5.65 Å². The Bertz CT molecular complexity index is 1020. The van der Waals surface area contributed by atoms with E-state index in [9.17, 15) is 4.79 Å². The number of ether oxygens (including phenoxy) is 1. The first-order valence-electron chi connectivity index (χ1n) is 9.53. The maximum Gasteiger partial charge on any atom is 0.267 e. The first-order chi connectivity index (χ1) is 13.3. The van der Waals surface area contributed by atoms with Crippen LogP contribution < -0.4 is 10.9 Å². The van der Waals surface area contributed by atoms with Gasteiger partial charge in [-0.15, -0.1) is 10.2 Å². The van der Waals surface area contributed by atoms with E-state index in [-0.39, 0.29) is 11.6 Å². The van der Waals surface area contributed by atoms with Gasteiger partial charge in [0.05, 0.1) is 24.9 Å². The van der Waals surface area contributed by atoms with Gasteiger partial charge in [-0.25, -0.2) is 4.68 Å². The number of anilines is 1. The van der Waals surface area contributed by atoms with E-state index in [0.29, 0.717) is 19.3 Å². The minimum Gasteiger partial charge on any atom is -0.376 e. The van der Waals surface area contributed by atoms with Crippen LogP contribution >= 0.6 is 0 Å². The molecule has 0 amide bonds. The third-order valence-corrected chi connectivity index (χ3v) is 5.55. The summed E-state index contributed by atoms with van der Waals surface area (Å²) in [6, 6.07) is 8.06. The first-order valence-corrected chi connectivity index (χ1v) is 9.53. The number of aromatic nitrogens is 5. The molecule has 0 atom stereocenters. The minimum absolute atomic E-state index is 0.0147. The molecule has 4 heterocycles. The van der Waals surface area contributed by atoms with Gasteiger partial charge in [-0.05, 0) is 37.8 Å². The Balaban J connectivity index is 1.28. The van der Waals surface area contributed by atoms with Crippen molar-refractivity contribution >= 4 is 11.6 Å². The second-order valence-corrected chi connectivity index (χ2v) is 7.30. The predicted molar refractivity (Wildman–Crippen MR) is 99.8 cm³/mol. The van der Waals surface area contributed by atoms with E-state index < -0.39 is 0 Å². The van der Waals surface area contributed by atoms with E-state index in [4.69, 9.17) is 4.74 Å². The first kappa shape index (κ1) is 16.4. The molecule has 8 heteroatoms. The molecule has 8 nitrogen and oxygen atoms in total. The van der Waals surface area contributed by atoms with Crippen LogP contribution in [-0.4, -0.2) is 37.0 Å². The summed E-state index contributed by atoms with van der Waals surface area (Å²) in [6.07, 6.45) is 6.55. The summed E-state index contributed by atoms with van der Waals surface area (Å²) >= 11 is 0. The number of pyridine rings is 1. The molecule has 0 aromatic carbocycles. The van der Waals surface area contributed by atoms with Crippen molar-refractivity contribution in [3.05, 3.63) is 52.1 Å². The Kier molecular flexibility index (Phi) is 4.12. The van der Waals surface area contributed by atoms with Crippen molar-refractivity contribution in [2.75, 3.05) is 11.9 Å². The zero-order valence-corrected chi connectivity index (χ0v) is 15.0. The molecule has 0 spiro atoms. The highest BCUT2D eigenvalue weighted by Crippen LogP contribution is 2.29. The molecule has 27 heavy (non-hydrogen) atoms. The molecule has 1 aliphatic carbocycles. The molecular formula is C19H22N6O2. The SMILES string of the molecule is O=c1cc2c(nn1C1CCC(Nc3nnc4ccccn34)CC1)CCOC2. The molecular weight excluding hydrogens is 344 g/mol. The Morgan fingerprint density at radius 1 is 1.15 bits per heavy atom. The number of hydrogen-bond acceptors (Lipinski definition) is 6. The molecule has 140 valence electrons. The van der Waals surface area contributed by atoms with Gasteiger partial charge in [0, 0.05) is 30.3 Å². The monoisotopic (exact) mass is 366 g/mol. The van der Waals surface area contributed by atoms with E-state index >= 15 is 0 Å². The molecule has 1 aliphatic heterocycles. The summed E-state index contributed by atoms with van der Waals surface area (Å²) < 4.78 is 9.08. The van der Waals surface area contributed by atoms with E-state index in [1.54, 1.807) is 10.7 Å². The van der Waals surface area contributed by atoms with Gasteiger partial charge in [-0.3, -0.25) is 9.20 Å². The molecule has 3 aromatic rings. The average molecular weight is 366 g/mol. The lowest BCUT2D eigenvalue weighted by Gasteiger charge is -2.30. The van der Waals surface area contributed by atoms with Crippen molar-refractivity contribution in [3.8, 4) is 0 Å². The van der Waals surface area contributed by atoms with E-state index in [0.717, 1.165) is 55.0 Å². The van der Waals surface area contributed by atoms with E-state index in [2.05, 4.69) is 20.6 Å². The van der Waals surface area contributed by atoms with Crippen LogP contribution in [0.5, 0.6) is 0 Å². The fraction of sp³-hybridized carbons (Fsp3) is 0.474. The van der Waals surface area contributed by atoms with E-state index in [1.165, 1.54) is 0 Å². The highest BCUT2D eigenvalue weighted by molar-refractivity contribution is 5.45. The fourth-order valence-corrected chi connectivity index (χ4v) is 4.08. The summed E-state index contributed by atoms with van der Waals surface area (Å²) in [4.78, 5) is 12.5. The van der Waals surface area contributed by atoms with Crippen molar-refractivity contribution in [1.82, 2.24) is 24.4 Å². The van der Waals surface area contributed by atoms with Gasteiger partial charge in [0.2, 0.25) is 5.95 Å². The Morgan fingerprint density at radius 3 is 2.93 bits per heavy atom. The average Bonchev–Trinajstić information content (AvgIpc) is 3.11. The molecule has 5 rings (SSSR count). The molecule has 2 aliphatic rings. The summed E-state index contributed by atoms with van der Waals surface area (Å²) in [6.45, 7) is 1.18. The van der Waals surface area contributed by atoms with E-state index in [1.807, 2.05) is 28.8 Å². The number of nitrogens with one attached hydrogen (secondary N) is 1. The Hall–Kier alpha value is -2.74. The standard InChI is InChI=1S/C19H22N6O2/c26-18-11-13-12-27-10-8-16(13)23-25(18)15-6-4-14(5-7-15)20-19-22-21-17-3-1-2-9-24(17)19/h1-3,9,11,14-15H,4-8,10,12H2,(H,20,22). The summed E-state index contributed by atoms with van der Waals surface area (Å²) in [5, 5.41) is 16.6. The van der Waals surface area contributed by atoms with Gasteiger partial charge in [0.1, 0.15) is 0 Å². The van der Waals surface area contributed by atoms with Gasteiger partial charge in [-0.2, -0.15) is 5.10 Å². The molecule has 1 fully saturated rings. The van der Waals surface area contributed by atoms with Gasteiger partial charge >= 0.3 is 0 Å². The zero-order chi connectivity index (χ0) is 18.2. The van der Waals surface area contributed by atoms with Crippen LogP contribution in [0, 0.1) is 0 Å². The maximum absolute atomic E-state index is 12.5. The fourth-order valence-electron chi connectivity index (χ4n) is 4.08. The molecule has 0 bridgehead atoms. The lowest BCUT2D eigenvalue weighted by molar-refractivity contribution is 0.107. The Morgan fingerprint density at radius 2 is 2.04 bits per heavy atom. The smallest absolute Gasteiger partial charge is 0.267 e. The molecule has 0 radical (unpaired) electrons. The molecule has 3 aromatic heterocycles. The summed E-state index contributed by atoms with van der Waals surface area (Å²) in [5.41, 5.74) is 2.77. The van der Waals surface area contributed by atoms with Crippen LogP contribution in [0.3, 0.4) is 0 Å². The predicted octanol–water partition coefficient (Wildman–Crippen LogP) is 1.95. The second kappa shape index (κ2) is 6.77. The zero-order valence-electron chi connectivity index (χ0n) is 15.0. The number of hydrogen-bond donors (Lipinski definition) is 1. The molecule has 0 saturated heterocycles. The van der Waals surface area contributed by atoms with Crippen LogP contribution in [-0.2, 0) is 17.8 Å². The van der Waals surface area contributed by atoms with Crippen LogP contribution in [0.4, 0.5) is 5.95 Å². The second-order valence-electron chi connectivity index (χ2n) is 7.30. The largest absolute Gasteiger partial charge is 0.376 e. The molecule has 0 unspecified atom stereocenters. The van der Waals surface area contributed by atoms with Gasteiger partial charge < -0.3 is 10.1 Å². The topological polar surface area (TPSA) is 86.3 Å². The van der Waals surface area contributed by atoms with Crippen molar-refractivity contribution < 1.29 is 4.74 Å². The van der Waals surface area contributed by atoms with Crippen molar-refractivity contribution in [2.45, 2.75) is 50.8 Å². The van der Waals surface area contributed by atoms with Crippen molar-refractivity contribution in [1.29, 1.82) is 0 Å². The van der Waals surface area contributed by atoms with Crippen molar-refractivity contribution in [3.63, 3.8) is 0 Å².